The summed E-state index contributed by atoms with van der Waals surface area (Å²) in [4.78, 5) is 18.4. The van der Waals surface area contributed by atoms with Crippen molar-refractivity contribution in [3.63, 3.8) is 0 Å². The molecule has 0 bridgehead atoms. The monoisotopic (exact) mass is 320 g/mol. The topological polar surface area (TPSA) is 51.7 Å². The molecular formula is C18H28N2O3. The molecule has 0 spiro atoms. The molecule has 1 amide bonds. The van der Waals surface area contributed by atoms with Crippen molar-refractivity contribution in [3.8, 4) is 5.88 Å². The van der Waals surface area contributed by atoms with Crippen LogP contribution in [0, 0.1) is 12.8 Å². The van der Waals surface area contributed by atoms with Gasteiger partial charge in [-0.3, -0.25) is 0 Å². The Bertz CT molecular complexity index is 552. The minimum absolute atomic E-state index is 0.203. The van der Waals surface area contributed by atoms with Gasteiger partial charge in [0.15, 0.2) is 0 Å². The first-order valence-corrected chi connectivity index (χ1v) is 8.26. The van der Waals surface area contributed by atoms with E-state index in [4.69, 9.17) is 9.47 Å². The summed E-state index contributed by atoms with van der Waals surface area (Å²) in [7, 11) is 1.64. The van der Waals surface area contributed by atoms with Crippen LogP contribution in [0.4, 0.5) is 4.79 Å². The highest BCUT2D eigenvalue weighted by Gasteiger charge is 2.27. The first-order valence-electron chi connectivity index (χ1n) is 8.26. The lowest BCUT2D eigenvalue weighted by atomic mass is 9.91. The molecule has 0 saturated carbocycles. The number of aromatic nitrogens is 1. The number of aryl methyl sites for hydroxylation is 1. The summed E-state index contributed by atoms with van der Waals surface area (Å²) >= 11 is 0. The molecule has 23 heavy (non-hydrogen) atoms. The minimum Gasteiger partial charge on any atom is -0.481 e. The fourth-order valence-electron chi connectivity index (χ4n) is 2.99. The summed E-state index contributed by atoms with van der Waals surface area (Å²) in [5.74, 6) is 1.10. The zero-order valence-corrected chi connectivity index (χ0v) is 14.9. The van der Waals surface area contributed by atoms with E-state index in [-0.39, 0.29) is 6.09 Å². The van der Waals surface area contributed by atoms with Crippen molar-refractivity contribution in [1.82, 2.24) is 9.88 Å². The van der Waals surface area contributed by atoms with Gasteiger partial charge in [-0.1, -0.05) is 0 Å². The van der Waals surface area contributed by atoms with Gasteiger partial charge in [0.25, 0.3) is 0 Å². The molecule has 1 unspecified atom stereocenters. The van der Waals surface area contributed by atoms with Crippen LogP contribution in [-0.2, 0) is 11.2 Å². The van der Waals surface area contributed by atoms with Gasteiger partial charge < -0.3 is 14.4 Å². The van der Waals surface area contributed by atoms with Crippen molar-refractivity contribution < 1.29 is 14.3 Å². The van der Waals surface area contributed by atoms with Crippen LogP contribution < -0.4 is 4.74 Å². The highest BCUT2D eigenvalue weighted by molar-refractivity contribution is 5.68. The molecule has 1 fully saturated rings. The summed E-state index contributed by atoms with van der Waals surface area (Å²) < 4.78 is 10.7. The van der Waals surface area contributed by atoms with E-state index in [2.05, 4.69) is 11.1 Å². The lowest BCUT2D eigenvalue weighted by Crippen LogP contribution is -2.43. The molecule has 1 saturated heterocycles. The van der Waals surface area contributed by atoms with Crippen LogP contribution in [0.3, 0.4) is 0 Å². The number of pyridine rings is 1. The number of amides is 1. The van der Waals surface area contributed by atoms with Gasteiger partial charge in [-0.2, -0.15) is 0 Å². The molecule has 1 aromatic rings. The molecule has 0 aliphatic carbocycles. The third-order valence-electron chi connectivity index (χ3n) is 3.89. The molecule has 5 heteroatoms. The van der Waals surface area contributed by atoms with Gasteiger partial charge in [-0.15, -0.1) is 0 Å². The van der Waals surface area contributed by atoms with Crippen molar-refractivity contribution in [3.05, 3.63) is 23.4 Å². The zero-order valence-electron chi connectivity index (χ0n) is 14.9. The molecule has 0 N–H and O–H groups in total. The second-order valence-electron chi connectivity index (χ2n) is 7.30. The molecule has 0 radical (unpaired) electrons. The van der Waals surface area contributed by atoms with Crippen LogP contribution in [0.5, 0.6) is 5.88 Å². The van der Waals surface area contributed by atoms with Crippen LogP contribution in [0.15, 0.2) is 12.1 Å². The van der Waals surface area contributed by atoms with E-state index in [1.165, 1.54) is 5.56 Å². The van der Waals surface area contributed by atoms with Gasteiger partial charge in [0, 0.05) is 24.8 Å². The standard InChI is InChI=1S/C18H28N2O3/c1-13-9-15(11-16(19-13)22-5)10-14-7-6-8-20(12-14)17(21)23-18(2,3)4/h9,11,14H,6-8,10,12H2,1-5H3. The van der Waals surface area contributed by atoms with E-state index < -0.39 is 5.60 Å². The van der Waals surface area contributed by atoms with Crippen molar-refractivity contribution >= 4 is 6.09 Å². The normalized spacial score (nSPS) is 18.7. The molecule has 2 heterocycles. The van der Waals surface area contributed by atoms with Crippen molar-refractivity contribution in [2.45, 2.75) is 52.6 Å². The molecular weight excluding hydrogens is 292 g/mol. The van der Waals surface area contributed by atoms with Gasteiger partial charge >= 0.3 is 6.09 Å². The largest absolute Gasteiger partial charge is 0.481 e. The number of rotatable bonds is 3. The van der Waals surface area contributed by atoms with Crippen LogP contribution in [0.2, 0.25) is 0 Å². The number of methoxy groups -OCH3 is 1. The van der Waals surface area contributed by atoms with Crippen LogP contribution in [-0.4, -0.2) is 41.8 Å². The molecule has 0 aromatic carbocycles. The quantitative estimate of drug-likeness (QED) is 0.854. The number of nitrogens with zero attached hydrogens (tertiary/aromatic N) is 2. The van der Waals surface area contributed by atoms with Crippen molar-refractivity contribution in [2.24, 2.45) is 5.92 Å². The van der Waals surface area contributed by atoms with Crippen LogP contribution >= 0.6 is 0 Å². The Morgan fingerprint density at radius 1 is 1.39 bits per heavy atom. The van der Waals surface area contributed by atoms with E-state index in [0.717, 1.165) is 38.0 Å². The summed E-state index contributed by atoms with van der Waals surface area (Å²) in [6.45, 7) is 9.21. The summed E-state index contributed by atoms with van der Waals surface area (Å²) in [6, 6.07) is 4.08. The summed E-state index contributed by atoms with van der Waals surface area (Å²) in [5.41, 5.74) is 1.73. The van der Waals surface area contributed by atoms with Gasteiger partial charge in [0.05, 0.1) is 7.11 Å². The predicted octanol–water partition coefficient (Wildman–Crippen LogP) is 3.59. The second kappa shape index (κ2) is 7.20. The Labute approximate surface area is 139 Å². The highest BCUT2D eigenvalue weighted by Crippen LogP contribution is 2.24. The van der Waals surface area contributed by atoms with Gasteiger partial charge in [-0.05, 0) is 64.5 Å². The SMILES string of the molecule is COc1cc(CC2CCCN(C(=O)OC(C)(C)C)C2)cc(C)n1. The molecule has 5 nitrogen and oxygen atoms in total. The number of ether oxygens (including phenoxy) is 2. The average Bonchev–Trinajstić information content (AvgIpc) is 2.45. The number of hydrogen-bond donors (Lipinski definition) is 0. The second-order valence-corrected chi connectivity index (χ2v) is 7.30. The zero-order chi connectivity index (χ0) is 17.0. The van der Waals surface area contributed by atoms with Gasteiger partial charge in [0.1, 0.15) is 5.60 Å². The predicted molar refractivity (Wildman–Crippen MR) is 89.8 cm³/mol. The van der Waals surface area contributed by atoms with Crippen molar-refractivity contribution in [2.75, 3.05) is 20.2 Å². The maximum atomic E-state index is 12.2. The van der Waals surface area contributed by atoms with E-state index in [9.17, 15) is 4.79 Å². The first kappa shape index (κ1) is 17.6. The van der Waals surface area contributed by atoms with Gasteiger partial charge in [-0.25, -0.2) is 9.78 Å². The number of hydrogen-bond acceptors (Lipinski definition) is 4. The van der Waals surface area contributed by atoms with E-state index in [0.29, 0.717) is 11.8 Å². The lowest BCUT2D eigenvalue weighted by molar-refractivity contribution is 0.0166. The van der Waals surface area contributed by atoms with Gasteiger partial charge in [0.2, 0.25) is 5.88 Å². The maximum Gasteiger partial charge on any atom is 0.410 e. The average molecular weight is 320 g/mol. The molecule has 1 atom stereocenters. The highest BCUT2D eigenvalue weighted by atomic mass is 16.6. The number of likely N-dealkylation sites (tertiary alicyclic amines) is 1. The van der Waals surface area contributed by atoms with E-state index >= 15 is 0 Å². The maximum absolute atomic E-state index is 12.2. The Morgan fingerprint density at radius 3 is 2.78 bits per heavy atom. The Morgan fingerprint density at radius 2 is 2.13 bits per heavy atom. The minimum atomic E-state index is -0.445. The molecule has 1 aliphatic rings. The Kier molecular flexibility index (Phi) is 5.50. The van der Waals surface area contributed by atoms with E-state index in [1.54, 1.807) is 7.11 Å². The Balaban J connectivity index is 1.99. The summed E-state index contributed by atoms with van der Waals surface area (Å²) in [5, 5.41) is 0. The third kappa shape index (κ3) is 5.41. The van der Waals surface area contributed by atoms with Crippen LogP contribution in [0.25, 0.3) is 0 Å². The summed E-state index contributed by atoms with van der Waals surface area (Å²) in [6.07, 6.45) is 2.87. The Hall–Kier alpha value is -1.78. The molecule has 1 aromatic heterocycles. The third-order valence-corrected chi connectivity index (χ3v) is 3.89. The lowest BCUT2D eigenvalue weighted by Gasteiger charge is -2.34. The van der Waals surface area contributed by atoms with Crippen LogP contribution in [0.1, 0.15) is 44.9 Å². The molecule has 128 valence electrons. The van der Waals surface area contributed by atoms with Crippen molar-refractivity contribution in [1.29, 1.82) is 0 Å². The number of carbonyl (C=O) groups excluding carboxylic acids is 1. The number of carbonyl (C=O) groups is 1. The molecule has 2 rings (SSSR count). The van der Waals surface area contributed by atoms with E-state index in [1.807, 2.05) is 38.7 Å². The smallest absolute Gasteiger partial charge is 0.410 e. The fourth-order valence-corrected chi connectivity index (χ4v) is 2.99. The fraction of sp³-hybridized carbons (Fsp3) is 0.667. The molecule has 1 aliphatic heterocycles. The number of piperidine rings is 1. The first-order chi connectivity index (χ1) is 10.8.